The lowest BCUT2D eigenvalue weighted by molar-refractivity contribution is 0.686. The van der Waals surface area contributed by atoms with Crippen LogP contribution in [-0.4, -0.2) is 16.5 Å². The van der Waals surface area contributed by atoms with Gasteiger partial charge in [-0.3, -0.25) is 0 Å². The minimum atomic E-state index is 0.923. The molecule has 2 aromatic heterocycles. The van der Waals surface area contributed by atoms with E-state index >= 15 is 0 Å². The Bertz CT molecular complexity index is 396. The first kappa shape index (κ1) is 10.9. The Labute approximate surface area is 101 Å². The monoisotopic (exact) mass is 285 g/mol. The topological polar surface area (TPSA) is 40.7 Å². The van der Waals surface area contributed by atoms with Gasteiger partial charge in [0.15, 0.2) is 0 Å². The molecular formula is C10H12BrN3S. The molecule has 2 aromatic rings. The Morgan fingerprint density at radius 1 is 1.53 bits per heavy atom. The number of nitrogens with zero attached hydrogens (tertiary/aromatic N) is 1. The van der Waals surface area contributed by atoms with Crippen molar-refractivity contribution in [2.45, 2.75) is 13.0 Å². The molecule has 0 radical (unpaired) electrons. The normalized spacial score (nSPS) is 10.7. The molecule has 0 aliphatic carbocycles. The van der Waals surface area contributed by atoms with Gasteiger partial charge in [0, 0.05) is 40.8 Å². The van der Waals surface area contributed by atoms with E-state index in [1.54, 1.807) is 17.7 Å². The van der Waals surface area contributed by atoms with Crippen LogP contribution in [0.25, 0.3) is 0 Å². The second-order valence-corrected chi connectivity index (χ2v) is 5.05. The number of hydrogen-bond acceptors (Lipinski definition) is 3. The molecule has 2 N–H and O–H groups in total. The van der Waals surface area contributed by atoms with Crippen LogP contribution in [0.3, 0.4) is 0 Å². The van der Waals surface area contributed by atoms with Gasteiger partial charge in [0.2, 0.25) is 0 Å². The van der Waals surface area contributed by atoms with Crippen LogP contribution >= 0.6 is 27.3 Å². The molecule has 0 atom stereocenters. The summed E-state index contributed by atoms with van der Waals surface area (Å²) >= 11 is 5.28. The highest BCUT2D eigenvalue weighted by atomic mass is 79.9. The third-order valence-corrected chi connectivity index (χ3v) is 4.03. The molecule has 80 valence electrons. The van der Waals surface area contributed by atoms with Gasteiger partial charge in [-0.25, -0.2) is 4.98 Å². The van der Waals surface area contributed by atoms with Crippen molar-refractivity contribution in [3.8, 4) is 0 Å². The van der Waals surface area contributed by atoms with Gasteiger partial charge < -0.3 is 10.3 Å². The van der Waals surface area contributed by atoms with Gasteiger partial charge in [-0.1, -0.05) is 0 Å². The van der Waals surface area contributed by atoms with Gasteiger partial charge in [0.1, 0.15) is 0 Å². The first-order valence-electron chi connectivity index (χ1n) is 4.76. The molecule has 0 saturated heterocycles. The molecule has 3 nitrogen and oxygen atoms in total. The molecule has 0 bridgehead atoms. The second kappa shape index (κ2) is 5.44. The molecule has 0 fully saturated rings. The van der Waals surface area contributed by atoms with Crippen molar-refractivity contribution in [2.24, 2.45) is 0 Å². The van der Waals surface area contributed by atoms with Crippen LogP contribution in [0.15, 0.2) is 28.4 Å². The number of imidazole rings is 1. The van der Waals surface area contributed by atoms with Crippen molar-refractivity contribution in [1.82, 2.24) is 15.3 Å². The molecule has 0 amide bonds. The van der Waals surface area contributed by atoms with Gasteiger partial charge in [-0.15, -0.1) is 11.3 Å². The molecule has 0 saturated carbocycles. The molecule has 2 rings (SSSR count). The number of thiophene rings is 1. The molecule has 2 heterocycles. The first-order valence-corrected chi connectivity index (χ1v) is 6.43. The minimum Gasteiger partial charge on any atom is -0.348 e. The van der Waals surface area contributed by atoms with Crippen LogP contribution in [0.5, 0.6) is 0 Å². The third kappa shape index (κ3) is 3.15. The van der Waals surface area contributed by atoms with Crippen molar-refractivity contribution >= 4 is 27.3 Å². The van der Waals surface area contributed by atoms with E-state index in [-0.39, 0.29) is 0 Å². The highest BCUT2D eigenvalue weighted by molar-refractivity contribution is 9.10. The maximum absolute atomic E-state index is 3.98. The largest absolute Gasteiger partial charge is 0.348 e. The van der Waals surface area contributed by atoms with Gasteiger partial charge in [-0.2, -0.15) is 0 Å². The fourth-order valence-corrected chi connectivity index (χ4v) is 2.76. The summed E-state index contributed by atoms with van der Waals surface area (Å²) in [6, 6.07) is 2.08. The standard InChI is InChI=1S/C10H12BrN3S/c11-9-2-4-15-10(9)6-12-3-1-8-5-13-7-14-8/h2,4-5,7,12H,1,3,6H2,(H,13,14). The number of aromatic amines is 1. The first-order chi connectivity index (χ1) is 7.36. The van der Waals surface area contributed by atoms with Crippen LogP contribution in [-0.2, 0) is 13.0 Å². The zero-order valence-corrected chi connectivity index (χ0v) is 10.6. The second-order valence-electron chi connectivity index (χ2n) is 3.20. The van der Waals surface area contributed by atoms with Gasteiger partial charge >= 0.3 is 0 Å². The molecule has 0 unspecified atom stereocenters. The Balaban J connectivity index is 1.70. The zero-order valence-electron chi connectivity index (χ0n) is 8.16. The van der Waals surface area contributed by atoms with E-state index in [2.05, 4.69) is 42.7 Å². The van der Waals surface area contributed by atoms with Crippen LogP contribution in [0.4, 0.5) is 0 Å². The molecule has 0 spiro atoms. The summed E-state index contributed by atoms with van der Waals surface area (Å²) in [7, 11) is 0. The summed E-state index contributed by atoms with van der Waals surface area (Å²) in [6.45, 7) is 1.89. The number of hydrogen-bond donors (Lipinski definition) is 2. The zero-order chi connectivity index (χ0) is 10.5. The highest BCUT2D eigenvalue weighted by Crippen LogP contribution is 2.21. The van der Waals surface area contributed by atoms with Crippen molar-refractivity contribution in [3.63, 3.8) is 0 Å². The summed E-state index contributed by atoms with van der Waals surface area (Å²) in [5.41, 5.74) is 1.17. The molecule has 15 heavy (non-hydrogen) atoms. The van der Waals surface area contributed by atoms with E-state index < -0.39 is 0 Å². The van der Waals surface area contributed by atoms with E-state index in [1.807, 2.05) is 6.20 Å². The molecule has 0 aliphatic rings. The lowest BCUT2D eigenvalue weighted by Gasteiger charge is -2.02. The lowest BCUT2D eigenvalue weighted by atomic mass is 10.3. The number of H-pyrrole nitrogens is 1. The van der Waals surface area contributed by atoms with Crippen LogP contribution in [0.2, 0.25) is 0 Å². The fraction of sp³-hybridized carbons (Fsp3) is 0.300. The lowest BCUT2D eigenvalue weighted by Crippen LogP contribution is -2.16. The summed E-state index contributed by atoms with van der Waals surface area (Å²) in [5, 5.41) is 5.49. The maximum atomic E-state index is 3.98. The van der Waals surface area contributed by atoms with Crippen molar-refractivity contribution in [3.05, 3.63) is 39.0 Å². The van der Waals surface area contributed by atoms with E-state index in [0.29, 0.717) is 0 Å². The van der Waals surface area contributed by atoms with Crippen molar-refractivity contribution < 1.29 is 0 Å². The average molecular weight is 286 g/mol. The quantitative estimate of drug-likeness (QED) is 0.829. The van der Waals surface area contributed by atoms with Crippen LogP contribution in [0.1, 0.15) is 10.6 Å². The van der Waals surface area contributed by atoms with Crippen LogP contribution < -0.4 is 5.32 Å². The van der Waals surface area contributed by atoms with Crippen molar-refractivity contribution in [1.29, 1.82) is 0 Å². The predicted molar refractivity (Wildman–Crippen MR) is 66.0 cm³/mol. The average Bonchev–Trinajstić information content (AvgIpc) is 2.85. The Kier molecular flexibility index (Phi) is 3.94. The third-order valence-electron chi connectivity index (χ3n) is 2.10. The Hall–Kier alpha value is -0.650. The predicted octanol–water partition coefficient (Wildman–Crippen LogP) is 2.57. The molecule has 0 aliphatic heterocycles. The number of aromatic nitrogens is 2. The van der Waals surface area contributed by atoms with E-state index in [1.165, 1.54) is 15.0 Å². The molecule has 5 heteroatoms. The van der Waals surface area contributed by atoms with E-state index in [9.17, 15) is 0 Å². The highest BCUT2D eigenvalue weighted by Gasteiger charge is 2.00. The Morgan fingerprint density at radius 3 is 3.13 bits per heavy atom. The van der Waals surface area contributed by atoms with Gasteiger partial charge in [0.25, 0.3) is 0 Å². The van der Waals surface area contributed by atoms with Gasteiger partial charge in [-0.05, 0) is 27.4 Å². The Morgan fingerprint density at radius 2 is 2.47 bits per heavy atom. The number of halogens is 1. The SMILES string of the molecule is Brc1ccsc1CNCCc1cnc[nH]1. The summed E-state index contributed by atoms with van der Waals surface area (Å²) < 4.78 is 1.20. The van der Waals surface area contributed by atoms with Gasteiger partial charge in [0.05, 0.1) is 6.33 Å². The fourth-order valence-electron chi connectivity index (χ4n) is 1.30. The molecule has 0 aromatic carbocycles. The smallest absolute Gasteiger partial charge is 0.0921 e. The number of nitrogens with one attached hydrogen (secondary N) is 2. The summed E-state index contributed by atoms with van der Waals surface area (Å²) in [5.74, 6) is 0. The van der Waals surface area contributed by atoms with E-state index in [0.717, 1.165) is 19.5 Å². The van der Waals surface area contributed by atoms with E-state index in [4.69, 9.17) is 0 Å². The molecular weight excluding hydrogens is 274 g/mol. The minimum absolute atomic E-state index is 0.923. The summed E-state index contributed by atoms with van der Waals surface area (Å²) in [4.78, 5) is 8.41. The van der Waals surface area contributed by atoms with Crippen molar-refractivity contribution in [2.75, 3.05) is 6.54 Å². The summed E-state index contributed by atoms with van der Waals surface area (Å²) in [6.07, 6.45) is 4.57. The van der Waals surface area contributed by atoms with Crippen LogP contribution in [0, 0.1) is 0 Å². The maximum Gasteiger partial charge on any atom is 0.0921 e. The number of rotatable bonds is 5.